The first kappa shape index (κ1) is 12.2. The molecule has 0 spiro atoms. The highest BCUT2D eigenvalue weighted by Crippen LogP contribution is 2.22. The van der Waals surface area contributed by atoms with Gasteiger partial charge in [0.2, 0.25) is 0 Å². The minimum Gasteiger partial charge on any atom is -0.396 e. The maximum atomic E-state index is 8.90. The van der Waals surface area contributed by atoms with Gasteiger partial charge >= 0.3 is 0 Å². The maximum absolute atomic E-state index is 8.90. The smallest absolute Gasteiger partial charge is 0.0656 e. The van der Waals surface area contributed by atoms with Crippen molar-refractivity contribution in [2.45, 2.75) is 52.5 Å². The molecule has 0 amide bonds. The SMILES string of the molecule is Cc1cc(C(C)CCO)nn1C(C)(C)C. The molecule has 1 rings (SSSR count). The molecule has 3 nitrogen and oxygen atoms in total. The Morgan fingerprint density at radius 1 is 1.47 bits per heavy atom. The molecular formula is C12H22N2O. The van der Waals surface area contributed by atoms with E-state index in [-0.39, 0.29) is 12.1 Å². The molecule has 0 radical (unpaired) electrons. The summed E-state index contributed by atoms with van der Waals surface area (Å²) < 4.78 is 2.05. The highest BCUT2D eigenvalue weighted by molar-refractivity contribution is 5.14. The highest BCUT2D eigenvalue weighted by Gasteiger charge is 2.19. The van der Waals surface area contributed by atoms with Gasteiger partial charge in [-0.05, 0) is 40.2 Å². The molecule has 15 heavy (non-hydrogen) atoms. The Balaban J connectivity index is 2.95. The van der Waals surface area contributed by atoms with Crippen LogP contribution in [0.1, 0.15) is 51.4 Å². The number of hydrogen-bond acceptors (Lipinski definition) is 2. The molecule has 1 heterocycles. The summed E-state index contributed by atoms with van der Waals surface area (Å²) in [6.07, 6.45) is 0.778. The van der Waals surface area contributed by atoms with Crippen LogP contribution in [0.3, 0.4) is 0 Å². The third kappa shape index (κ3) is 2.81. The molecule has 0 bridgehead atoms. The van der Waals surface area contributed by atoms with E-state index >= 15 is 0 Å². The van der Waals surface area contributed by atoms with Crippen LogP contribution in [0.2, 0.25) is 0 Å². The van der Waals surface area contributed by atoms with Crippen molar-refractivity contribution in [2.24, 2.45) is 0 Å². The molecule has 1 aromatic heterocycles. The second-order valence-corrected chi connectivity index (χ2v) is 5.21. The summed E-state index contributed by atoms with van der Waals surface area (Å²) in [6, 6.07) is 2.12. The Labute approximate surface area is 92.1 Å². The van der Waals surface area contributed by atoms with Crippen LogP contribution >= 0.6 is 0 Å². The summed E-state index contributed by atoms with van der Waals surface area (Å²) in [6.45, 7) is 10.8. The molecule has 86 valence electrons. The standard InChI is InChI=1S/C12H22N2O/c1-9(6-7-15)11-8-10(2)14(13-11)12(3,4)5/h8-9,15H,6-7H2,1-5H3. The summed E-state index contributed by atoms with van der Waals surface area (Å²) >= 11 is 0. The number of aliphatic hydroxyl groups is 1. The van der Waals surface area contributed by atoms with Gasteiger partial charge in [-0.1, -0.05) is 6.92 Å². The topological polar surface area (TPSA) is 38.1 Å². The van der Waals surface area contributed by atoms with Crippen LogP contribution in [0.5, 0.6) is 0 Å². The molecular weight excluding hydrogens is 188 g/mol. The molecule has 1 atom stereocenters. The number of aromatic nitrogens is 2. The van der Waals surface area contributed by atoms with Gasteiger partial charge in [-0.3, -0.25) is 4.68 Å². The zero-order chi connectivity index (χ0) is 11.6. The van der Waals surface area contributed by atoms with Crippen LogP contribution in [-0.2, 0) is 5.54 Å². The van der Waals surface area contributed by atoms with E-state index in [1.165, 1.54) is 5.69 Å². The van der Waals surface area contributed by atoms with E-state index in [1.807, 2.05) is 0 Å². The van der Waals surface area contributed by atoms with Crippen LogP contribution in [0.15, 0.2) is 6.07 Å². The van der Waals surface area contributed by atoms with Gasteiger partial charge in [-0.15, -0.1) is 0 Å². The van der Waals surface area contributed by atoms with Gasteiger partial charge in [0.25, 0.3) is 0 Å². The molecule has 0 aliphatic carbocycles. The first-order valence-electron chi connectivity index (χ1n) is 5.54. The lowest BCUT2D eigenvalue weighted by atomic mass is 10.0. The van der Waals surface area contributed by atoms with Crippen LogP contribution in [0, 0.1) is 6.92 Å². The molecule has 0 fully saturated rings. The zero-order valence-corrected chi connectivity index (χ0v) is 10.4. The van der Waals surface area contributed by atoms with E-state index in [0.717, 1.165) is 12.1 Å². The molecule has 0 saturated carbocycles. The highest BCUT2D eigenvalue weighted by atomic mass is 16.3. The lowest BCUT2D eigenvalue weighted by Gasteiger charge is -2.21. The predicted octanol–water partition coefficient (Wildman–Crippen LogP) is 2.43. The number of aryl methyl sites for hydroxylation is 1. The predicted molar refractivity (Wildman–Crippen MR) is 62.1 cm³/mol. The average molecular weight is 210 g/mol. The number of rotatable bonds is 3. The second-order valence-electron chi connectivity index (χ2n) is 5.21. The lowest BCUT2D eigenvalue weighted by molar-refractivity contribution is 0.276. The molecule has 3 heteroatoms. The van der Waals surface area contributed by atoms with Gasteiger partial charge in [0, 0.05) is 18.2 Å². The normalized spacial score (nSPS) is 14.3. The van der Waals surface area contributed by atoms with Crippen molar-refractivity contribution < 1.29 is 5.11 Å². The van der Waals surface area contributed by atoms with Crippen LogP contribution in [0.4, 0.5) is 0 Å². The molecule has 1 N–H and O–H groups in total. The van der Waals surface area contributed by atoms with E-state index < -0.39 is 0 Å². The zero-order valence-electron chi connectivity index (χ0n) is 10.4. The Morgan fingerprint density at radius 3 is 2.47 bits per heavy atom. The number of hydrogen-bond donors (Lipinski definition) is 1. The number of aliphatic hydroxyl groups excluding tert-OH is 1. The largest absolute Gasteiger partial charge is 0.396 e. The van der Waals surface area contributed by atoms with Crippen molar-refractivity contribution in [3.63, 3.8) is 0 Å². The fourth-order valence-electron chi connectivity index (χ4n) is 1.76. The summed E-state index contributed by atoms with van der Waals surface area (Å²) in [5.74, 6) is 0.331. The van der Waals surface area contributed by atoms with E-state index in [4.69, 9.17) is 5.11 Å². The molecule has 1 aromatic rings. The van der Waals surface area contributed by atoms with Gasteiger partial charge in [0.1, 0.15) is 0 Å². The van der Waals surface area contributed by atoms with Crippen molar-refractivity contribution >= 4 is 0 Å². The van der Waals surface area contributed by atoms with Gasteiger partial charge in [0.05, 0.1) is 11.2 Å². The first-order valence-corrected chi connectivity index (χ1v) is 5.54. The van der Waals surface area contributed by atoms with E-state index in [2.05, 4.69) is 50.5 Å². The third-order valence-corrected chi connectivity index (χ3v) is 2.61. The monoisotopic (exact) mass is 210 g/mol. The Hall–Kier alpha value is -0.830. The molecule has 1 unspecified atom stereocenters. The summed E-state index contributed by atoms with van der Waals surface area (Å²) in [4.78, 5) is 0. The summed E-state index contributed by atoms with van der Waals surface area (Å²) in [5, 5.41) is 13.5. The minimum atomic E-state index is 0.0290. The van der Waals surface area contributed by atoms with Gasteiger partial charge < -0.3 is 5.11 Å². The fourth-order valence-corrected chi connectivity index (χ4v) is 1.76. The quantitative estimate of drug-likeness (QED) is 0.832. The second kappa shape index (κ2) is 4.35. The van der Waals surface area contributed by atoms with Crippen LogP contribution in [-0.4, -0.2) is 21.5 Å². The first-order chi connectivity index (χ1) is 6.86. The minimum absolute atomic E-state index is 0.0290. The molecule has 0 aromatic carbocycles. The molecule has 0 aliphatic rings. The van der Waals surface area contributed by atoms with Crippen molar-refractivity contribution in [3.05, 3.63) is 17.5 Å². The number of nitrogens with zero attached hydrogens (tertiary/aromatic N) is 2. The molecule has 0 aliphatic heterocycles. The van der Waals surface area contributed by atoms with Crippen molar-refractivity contribution in [2.75, 3.05) is 6.61 Å². The van der Waals surface area contributed by atoms with Crippen LogP contribution < -0.4 is 0 Å². The van der Waals surface area contributed by atoms with E-state index in [1.54, 1.807) is 0 Å². The summed E-state index contributed by atoms with van der Waals surface area (Å²) in [7, 11) is 0. The van der Waals surface area contributed by atoms with Gasteiger partial charge in [-0.25, -0.2) is 0 Å². The van der Waals surface area contributed by atoms with Crippen molar-refractivity contribution in [3.8, 4) is 0 Å². The summed E-state index contributed by atoms with van der Waals surface area (Å²) in [5.41, 5.74) is 2.29. The van der Waals surface area contributed by atoms with E-state index in [0.29, 0.717) is 5.92 Å². The Kier molecular flexibility index (Phi) is 3.55. The van der Waals surface area contributed by atoms with Crippen molar-refractivity contribution in [1.29, 1.82) is 0 Å². The van der Waals surface area contributed by atoms with Gasteiger partial charge in [-0.2, -0.15) is 5.10 Å². The van der Waals surface area contributed by atoms with Crippen LogP contribution in [0.25, 0.3) is 0 Å². The van der Waals surface area contributed by atoms with Crippen molar-refractivity contribution in [1.82, 2.24) is 9.78 Å². The third-order valence-electron chi connectivity index (χ3n) is 2.61. The fraction of sp³-hybridized carbons (Fsp3) is 0.750. The lowest BCUT2D eigenvalue weighted by Crippen LogP contribution is -2.24. The molecule has 0 saturated heterocycles. The van der Waals surface area contributed by atoms with Gasteiger partial charge in [0.15, 0.2) is 0 Å². The Bertz CT molecular complexity index is 323. The Morgan fingerprint density at radius 2 is 2.07 bits per heavy atom. The van der Waals surface area contributed by atoms with E-state index in [9.17, 15) is 0 Å². The maximum Gasteiger partial charge on any atom is 0.0656 e. The average Bonchev–Trinajstić information content (AvgIpc) is 2.47.